The average molecular weight is 404 g/mol. The summed E-state index contributed by atoms with van der Waals surface area (Å²) in [6, 6.07) is 11.5. The molecule has 10 heteroatoms. The second-order valence-electron chi connectivity index (χ2n) is 5.48. The fourth-order valence-electron chi connectivity index (χ4n) is 2.23. The Kier molecular flexibility index (Phi) is 6.05. The molecule has 0 radical (unpaired) electrons. The largest absolute Gasteiger partial charge is 0.341 e. The smallest absolute Gasteiger partial charge is 0.271 e. The summed E-state index contributed by atoms with van der Waals surface area (Å²) in [7, 11) is 0. The zero-order valence-corrected chi connectivity index (χ0v) is 15.5. The van der Waals surface area contributed by atoms with Gasteiger partial charge >= 0.3 is 0 Å². The first-order valence-corrected chi connectivity index (χ1v) is 9.33. The predicted octanol–water partition coefficient (Wildman–Crippen LogP) is 3.51. The zero-order chi connectivity index (χ0) is 19.2. The molecule has 0 saturated heterocycles. The molecule has 2 N–H and O–H groups in total. The Labute approximate surface area is 163 Å². The van der Waals surface area contributed by atoms with E-state index in [0.717, 1.165) is 5.56 Å². The minimum atomic E-state index is -0.455. The van der Waals surface area contributed by atoms with E-state index in [0.29, 0.717) is 27.6 Å². The molecule has 3 rings (SSSR count). The first-order chi connectivity index (χ1) is 13.0. The summed E-state index contributed by atoms with van der Waals surface area (Å²) in [4.78, 5) is 29.5. The number of fused-ring (bicyclic) bond motifs is 1. The standard InChI is InChI=1S/C17H14ClN5O3S/c18-12-3-1-11(2-4-12)8-19-22-17(24)10-27-9-16-20-14-6-5-13(23(25)26)7-15(14)21-16/h1-8H,9-10H2,(H,20,21)(H,22,24)/b19-8+. The Balaban J connectivity index is 1.47. The van der Waals surface area contributed by atoms with Gasteiger partial charge in [-0.1, -0.05) is 23.7 Å². The Bertz CT molecular complexity index is 1000. The van der Waals surface area contributed by atoms with E-state index in [4.69, 9.17) is 11.6 Å². The lowest BCUT2D eigenvalue weighted by Crippen LogP contribution is -2.19. The summed E-state index contributed by atoms with van der Waals surface area (Å²) in [5, 5.41) is 15.3. The van der Waals surface area contributed by atoms with Gasteiger partial charge in [0.2, 0.25) is 5.91 Å². The number of rotatable bonds is 7. The van der Waals surface area contributed by atoms with Crippen molar-refractivity contribution < 1.29 is 9.72 Å². The first kappa shape index (κ1) is 18.9. The highest BCUT2D eigenvalue weighted by Crippen LogP contribution is 2.20. The summed E-state index contributed by atoms with van der Waals surface area (Å²) in [6.07, 6.45) is 1.53. The topological polar surface area (TPSA) is 113 Å². The van der Waals surface area contributed by atoms with E-state index in [1.54, 1.807) is 30.3 Å². The van der Waals surface area contributed by atoms with Crippen LogP contribution in [0.4, 0.5) is 5.69 Å². The predicted molar refractivity (Wildman–Crippen MR) is 106 cm³/mol. The number of thioether (sulfide) groups is 1. The molecule has 0 spiro atoms. The van der Waals surface area contributed by atoms with E-state index < -0.39 is 4.92 Å². The van der Waals surface area contributed by atoms with Gasteiger partial charge < -0.3 is 4.98 Å². The molecule has 3 aromatic rings. The summed E-state index contributed by atoms with van der Waals surface area (Å²) in [5.41, 5.74) is 4.52. The van der Waals surface area contributed by atoms with Crippen molar-refractivity contribution in [2.75, 3.05) is 5.75 Å². The molecule has 2 aromatic carbocycles. The lowest BCUT2D eigenvalue weighted by Gasteiger charge is -1.99. The number of H-pyrrole nitrogens is 1. The number of hydrazone groups is 1. The quantitative estimate of drug-likeness (QED) is 0.356. The van der Waals surface area contributed by atoms with Gasteiger partial charge in [-0.2, -0.15) is 5.10 Å². The molecule has 0 aliphatic carbocycles. The maximum absolute atomic E-state index is 11.8. The molecule has 27 heavy (non-hydrogen) atoms. The average Bonchev–Trinajstić information content (AvgIpc) is 3.05. The van der Waals surface area contributed by atoms with Crippen molar-refractivity contribution in [2.24, 2.45) is 5.10 Å². The van der Waals surface area contributed by atoms with E-state index in [1.807, 2.05) is 0 Å². The Morgan fingerprint density at radius 1 is 1.33 bits per heavy atom. The molecule has 0 aliphatic heterocycles. The summed E-state index contributed by atoms with van der Waals surface area (Å²) < 4.78 is 0. The van der Waals surface area contributed by atoms with Crippen LogP contribution in [0.2, 0.25) is 5.02 Å². The minimum Gasteiger partial charge on any atom is -0.341 e. The van der Waals surface area contributed by atoms with E-state index in [-0.39, 0.29) is 17.3 Å². The fourth-order valence-corrected chi connectivity index (χ4v) is 3.04. The maximum Gasteiger partial charge on any atom is 0.271 e. The number of nitrogens with zero attached hydrogens (tertiary/aromatic N) is 3. The second-order valence-corrected chi connectivity index (χ2v) is 6.90. The number of aromatic amines is 1. The number of aromatic nitrogens is 2. The lowest BCUT2D eigenvalue weighted by molar-refractivity contribution is -0.384. The first-order valence-electron chi connectivity index (χ1n) is 7.79. The number of amides is 1. The molecule has 0 bridgehead atoms. The molecule has 1 amide bonds. The van der Waals surface area contributed by atoms with Crippen LogP contribution in [0.25, 0.3) is 11.0 Å². The van der Waals surface area contributed by atoms with Crippen LogP contribution in [0.15, 0.2) is 47.6 Å². The molecule has 8 nitrogen and oxygen atoms in total. The highest BCUT2D eigenvalue weighted by atomic mass is 35.5. The maximum atomic E-state index is 11.8. The van der Waals surface area contributed by atoms with Crippen LogP contribution >= 0.6 is 23.4 Å². The normalized spacial score (nSPS) is 11.1. The van der Waals surface area contributed by atoms with Crippen LogP contribution in [-0.2, 0) is 10.5 Å². The van der Waals surface area contributed by atoms with Gasteiger partial charge in [0.15, 0.2) is 0 Å². The summed E-state index contributed by atoms with van der Waals surface area (Å²) in [5.74, 6) is 1.08. The van der Waals surface area contributed by atoms with Gasteiger partial charge in [0.05, 0.1) is 33.7 Å². The van der Waals surface area contributed by atoms with Gasteiger partial charge in [-0.15, -0.1) is 11.8 Å². The van der Waals surface area contributed by atoms with Crippen LogP contribution < -0.4 is 5.43 Å². The van der Waals surface area contributed by atoms with Crippen LogP contribution in [0.1, 0.15) is 11.4 Å². The van der Waals surface area contributed by atoms with Gasteiger partial charge in [0.1, 0.15) is 5.82 Å². The molecule has 0 saturated carbocycles. The van der Waals surface area contributed by atoms with Crippen LogP contribution in [0.5, 0.6) is 0 Å². The number of imidazole rings is 1. The fraction of sp³-hybridized carbons (Fsp3) is 0.118. The van der Waals surface area contributed by atoms with E-state index in [9.17, 15) is 14.9 Å². The van der Waals surface area contributed by atoms with Crippen molar-refractivity contribution in [1.82, 2.24) is 15.4 Å². The van der Waals surface area contributed by atoms with Gasteiger partial charge in [0.25, 0.3) is 5.69 Å². The number of nitro benzene ring substituents is 1. The minimum absolute atomic E-state index is 0.00304. The third-order valence-corrected chi connectivity index (χ3v) is 4.67. The van der Waals surface area contributed by atoms with Crippen LogP contribution in [0, 0.1) is 10.1 Å². The van der Waals surface area contributed by atoms with E-state index >= 15 is 0 Å². The summed E-state index contributed by atoms with van der Waals surface area (Å²) >= 11 is 7.15. The molecule has 138 valence electrons. The van der Waals surface area contributed by atoms with Crippen molar-refractivity contribution in [3.05, 3.63) is 69.0 Å². The lowest BCUT2D eigenvalue weighted by atomic mass is 10.2. The van der Waals surface area contributed by atoms with Crippen LogP contribution in [-0.4, -0.2) is 32.8 Å². The number of hydrogen-bond donors (Lipinski definition) is 2. The number of halogens is 1. The zero-order valence-electron chi connectivity index (χ0n) is 13.9. The Morgan fingerprint density at radius 2 is 2.11 bits per heavy atom. The molecule has 0 atom stereocenters. The van der Waals surface area contributed by atoms with Crippen molar-refractivity contribution >= 4 is 52.2 Å². The number of carbonyl (C=O) groups excluding carboxylic acids is 1. The SMILES string of the molecule is O=C(CSCc1nc2ccc([N+](=O)[O-])cc2[nH]1)N/N=C/c1ccc(Cl)cc1. The number of hydrogen-bond acceptors (Lipinski definition) is 6. The number of nitro groups is 1. The highest BCUT2D eigenvalue weighted by molar-refractivity contribution is 7.99. The van der Waals surface area contributed by atoms with Crippen molar-refractivity contribution in [3.8, 4) is 0 Å². The van der Waals surface area contributed by atoms with Crippen molar-refractivity contribution in [2.45, 2.75) is 5.75 Å². The highest BCUT2D eigenvalue weighted by Gasteiger charge is 2.10. The van der Waals surface area contributed by atoms with Gasteiger partial charge in [-0.3, -0.25) is 14.9 Å². The molecule has 0 aliphatic rings. The van der Waals surface area contributed by atoms with Crippen molar-refractivity contribution in [3.63, 3.8) is 0 Å². The Hall–Kier alpha value is -2.91. The van der Waals surface area contributed by atoms with Crippen LogP contribution in [0.3, 0.4) is 0 Å². The Morgan fingerprint density at radius 3 is 2.85 bits per heavy atom. The van der Waals surface area contributed by atoms with Gasteiger partial charge in [-0.25, -0.2) is 10.4 Å². The van der Waals surface area contributed by atoms with E-state index in [1.165, 1.54) is 30.1 Å². The van der Waals surface area contributed by atoms with E-state index in [2.05, 4.69) is 20.5 Å². The third-order valence-electron chi connectivity index (χ3n) is 3.47. The molecule has 0 fully saturated rings. The number of non-ortho nitro benzene ring substituents is 1. The van der Waals surface area contributed by atoms with Gasteiger partial charge in [0, 0.05) is 17.2 Å². The van der Waals surface area contributed by atoms with Gasteiger partial charge in [-0.05, 0) is 23.8 Å². The summed E-state index contributed by atoms with van der Waals surface area (Å²) in [6.45, 7) is 0. The molecular weight excluding hydrogens is 390 g/mol. The number of nitrogens with one attached hydrogen (secondary N) is 2. The molecule has 0 unspecified atom stereocenters. The molecule has 1 heterocycles. The number of carbonyl (C=O) groups is 1. The van der Waals surface area contributed by atoms with Crippen molar-refractivity contribution in [1.29, 1.82) is 0 Å². The number of benzene rings is 2. The molecular formula is C17H14ClN5O3S. The molecule has 1 aromatic heterocycles. The second kappa shape index (κ2) is 8.65. The third kappa shape index (κ3) is 5.28. The monoisotopic (exact) mass is 403 g/mol.